The SMILES string of the molecule is COc1ccc(NC(=O)[C@H]2Sc3nnc(-c4ccccc4)n3N[C@H]2c2ccc(C)cc2)cc1. The Bertz CT molecular complexity index is 1260. The van der Waals surface area contributed by atoms with E-state index in [4.69, 9.17) is 4.74 Å². The van der Waals surface area contributed by atoms with Crippen LogP contribution in [0.5, 0.6) is 5.75 Å². The van der Waals surface area contributed by atoms with Crippen LogP contribution in [-0.4, -0.2) is 33.1 Å². The number of aryl methyl sites for hydroxylation is 1. The van der Waals surface area contributed by atoms with Gasteiger partial charge in [-0.15, -0.1) is 10.2 Å². The van der Waals surface area contributed by atoms with Crippen molar-refractivity contribution in [2.24, 2.45) is 0 Å². The molecule has 5 rings (SSSR count). The van der Waals surface area contributed by atoms with Gasteiger partial charge in [0.25, 0.3) is 0 Å². The van der Waals surface area contributed by atoms with Gasteiger partial charge in [0, 0.05) is 11.3 Å². The van der Waals surface area contributed by atoms with Crippen molar-refractivity contribution in [3.05, 3.63) is 90.0 Å². The molecule has 0 unspecified atom stereocenters. The molecule has 1 aliphatic rings. The standard InChI is InChI=1S/C25H23N5O2S/c1-16-8-10-17(11-9-16)21-22(24(31)26-19-12-14-20(32-2)15-13-19)33-25-28-27-23(30(25)29-21)18-6-4-3-5-7-18/h3-15,21-22,29H,1-2H3,(H,26,31)/t21-,22-/m0/s1. The van der Waals surface area contributed by atoms with E-state index >= 15 is 0 Å². The predicted molar refractivity (Wildman–Crippen MR) is 130 cm³/mol. The molecule has 1 amide bonds. The number of anilines is 1. The van der Waals surface area contributed by atoms with Gasteiger partial charge in [-0.3, -0.25) is 4.79 Å². The highest BCUT2D eigenvalue weighted by atomic mass is 32.2. The van der Waals surface area contributed by atoms with Crippen molar-refractivity contribution in [1.29, 1.82) is 0 Å². The van der Waals surface area contributed by atoms with Crippen LogP contribution in [0.15, 0.2) is 84.0 Å². The Kier molecular flexibility index (Phi) is 5.75. The average molecular weight is 458 g/mol. The topological polar surface area (TPSA) is 81.1 Å². The number of methoxy groups -OCH3 is 1. The highest BCUT2D eigenvalue weighted by Crippen LogP contribution is 2.39. The molecule has 0 bridgehead atoms. The van der Waals surface area contributed by atoms with E-state index in [2.05, 4.69) is 45.2 Å². The van der Waals surface area contributed by atoms with Crippen molar-refractivity contribution < 1.29 is 9.53 Å². The number of aromatic nitrogens is 3. The first-order valence-electron chi connectivity index (χ1n) is 10.6. The van der Waals surface area contributed by atoms with Crippen molar-refractivity contribution in [1.82, 2.24) is 14.9 Å². The van der Waals surface area contributed by atoms with Crippen LogP contribution in [0.4, 0.5) is 5.69 Å². The van der Waals surface area contributed by atoms with Gasteiger partial charge in [-0.25, -0.2) is 4.68 Å². The van der Waals surface area contributed by atoms with Gasteiger partial charge >= 0.3 is 0 Å². The molecular weight excluding hydrogens is 434 g/mol. The molecule has 2 atom stereocenters. The number of hydrogen-bond acceptors (Lipinski definition) is 6. The molecule has 0 fully saturated rings. The fraction of sp³-hybridized carbons (Fsp3) is 0.160. The van der Waals surface area contributed by atoms with Crippen LogP contribution < -0.4 is 15.5 Å². The summed E-state index contributed by atoms with van der Waals surface area (Å²) in [5.41, 5.74) is 7.34. The van der Waals surface area contributed by atoms with Crippen molar-refractivity contribution in [2.75, 3.05) is 17.9 Å². The van der Waals surface area contributed by atoms with Crippen molar-refractivity contribution >= 4 is 23.4 Å². The normalized spacial score (nSPS) is 17.0. The second-order valence-corrected chi connectivity index (χ2v) is 8.89. The number of carbonyl (C=O) groups excluding carboxylic acids is 1. The lowest BCUT2D eigenvalue weighted by molar-refractivity contribution is -0.116. The minimum atomic E-state index is -0.449. The van der Waals surface area contributed by atoms with E-state index in [1.54, 1.807) is 7.11 Å². The number of thioether (sulfide) groups is 1. The fourth-order valence-corrected chi connectivity index (χ4v) is 4.82. The first-order valence-corrected chi connectivity index (χ1v) is 11.5. The quantitative estimate of drug-likeness (QED) is 0.454. The van der Waals surface area contributed by atoms with E-state index in [0.29, 0.717) is 16.7 Å². The zero-order chi connectivity index (χ0) is 22.8. The fourth-order valence-electron chi connectivity index (χ4n) is 3.74. The molecule has 0 saturated carbocycles. The predicted octanol–water partition coefficient (Wildman–Crippen LogP) is 4.66. The van der Waals surface area contributed by atoms with E-state index in [0.717, 1.165) is 22.4 Å². The maximum atomic E-state index is 13.4. The Morgan fingerprint density at radius 2 is 1.73 bits per heavy atom. The van der Waals surface area contributed by atoms with E-state index in [1.807, 2.05) is 66.2 Å². The van der Waals surface area contributed by atoms with E-state index in [-0.39, 0.29) is 11.9 Å². The molecule has 1 aromatic heterocycles. The van der Waals surface area contributed by atoms with Crippen LogP contribution in [0.3, 0.4) is 0 Å². The third-order valence-electron chi connectivity index (χ3n) is 5.52. The Morgan fingerprint density at radius 3 is 2.42 bits per heavy atom. The summed E-state index contributed by atoms with van der Waals surface area (Å²) in [4.78, 5) is 13.4. The third kappa shape index (κ3) is 4.29. The van der Waals surface area contributed by atoms with Gasteiger partial charge in [0.2, 0.25) is 11.1 Å². The van der Waals surface area contributed by atoms with Gasteiger partial charge in [-0.1, -0.05) is 71.9 Å². The highest BCUT2D eigenvalue weighted by molar-refractivity contribution is 8.00. The highest BCUT2D eigenvalue weighted by Gasteiger charge is 2.38. The molecule has 8 heteroatoms. The Balaban J connectivity index is 1.48. The lowest BCUT2D eigenvalue weighted by atomic mass is 10.0. The van der Waals surface area contributed by atoms with Gasteiger partial charge in [-0.2, -0.15) is 0 Å². The molecule has 0 aliphatic carbocycles. The number of fused-ring (bicyclic) bond motifs is 1. The number of hydrogen-bond donors (Lipinski definition) is 2. The number of rotatable bonds is 5. The molecule has 2 heterocycles. The van der Waals surface area contributed by atoms with E-state index in [1.165, 1.54) is 11.8 Å². The molecule has 0 saturated heterocycles. The summed E-state index contributed by atoms with van der Waals surface area (Å²) in [7, 11) is 1.62. The summed E-state index contributed by atoms with van der Waals surface area (Å²) >= 11 is 1.40. The second-order valence-electron chi connectivity index (χ2n) is 7.78. The minimum absolute atomic E-state index is 0.112. The van der Waals surface area contributed by atoms with Crippen LogP contribution in [0.1, 0.15) is 17.2 Å². The molecule has 2 N–H and O–H groups in total. The molecule has 0 radical (unpaired) electrons. The summed E-state index contributed by atoms with van der Waals surface area (Å²) < 4.78 is 7.08. The van der Waals surface area contributed by atoms with Gasteiger partial charge < -0.3 is 15.5 Å². The molecule has 3 aromatic carbocycles. The number of nitrogens with zero attached hydrogens (tertiary/aromatic N) is 3. The minimum Gasteiger partial charge on any atom is -0.497 e. The Labute approximate surface area is 196 Å². The van der Waals surface area contributed by atoms with Gasteiger partial charge in [0.05, 0.1) is 13.2 Å². The maximum absolute atomic E-state index is 13.4. The molecule has 166 valence electrons. The summed E-state index contributed by atoms with van der Waals surface area (Å²) in [5, 5.41) is 12.0. The lowest BCUT2D eigenvalue weighted by Gasteiger charge is -2.33. The van der Waals surface area contributed by atoms with Crippen molar-refractivity contribution in [2.45, 2.75) is 23.4 Å². The zero-order valence-electron chi connectivity index (χ0n) is 18.2. The van der Waals surface area contributed by atoms with Gasteiger partial charge in [-0.05, 0) is 36.8 Å². The Hall–Kier alpha value is -3.78. The van der Waals surface area contributed by atoms with Gasteiger partial charge in [0.15, 0.2) is 5.82 Å². The summed E-state index contributed by atoms with van der Waals surface area (Å²) in [5.74, 6) is 1.34. The van der Waals surface area contributed by atoms with Crippen LogP contribution in [0.2, 0.25) is 0 Å². The van der Waals surface area contributed by atoms with Crippen molar-refractivity contribution in [3.8, 4) is 17.1 Å². The molecule has 1 aliphatic heterocycles. The number of nitrogens with one attached hydrogen (secondary N) is 2. The molecule has 33 heavy (non-hydrogen) atoms. The molecular formula is C25H23N5O2S. The largest absolute Gasteiger partial charge is 0.497 e. The summed E-state index contributed by atoms with van der Waals surface area (Å²) in [6.45, 7) is 2.05. The molecule has 7 nitrogen and oxygen atoms in total. The molecule has 4 aromatic rings. The smallest absolute Gasteiger partial charge is 0.240 e. The second kappa shape index (κ2) is 8.99. The number of ether oxygens (including phenoxy) is 1. The monoisotopic (exact) mass is 457 g/mol. The van der Waals surface area contributed by atoms with E-state index < -0.39 is 5.25 Å². The van der Waals surface area contributed by atoms with Crippen LogP contribution in [0.25, 0.3) is 11.4 Å². The number of amides is 1. The first kappa shape index (κ1) is 21.1. The molecule has 0 spiro atoms. The van der Waals surface area contributed by atoms with Crippen molar-refractivity contribution in [3.63, 3.8) is 0 Å². The first-order chi connectivity index (χ1) is 16.1. The number of carbonyl (C=O) groups is 1. The third-order valence-corrected chi connectivity index (χ3v) is 6.74. The van der Waals surface area contributed by atoms with E-state index in [9.17, 15) is 4.79 Å². The zero-order valence-corrected chi connectivity index (χ0v) is 19.0. The average Bonchev–Trinajstić information content (AvgIpc) is 3.28. The van der Waals surface area contributed by atoms with Crippen LogP contribution in [-0.2, 0) is 4.79 Å². The summed E-state index contributed by atoms with van der Waals surface area (Å²) in [6.07, 6.45) is 0. The number of benzene rings is 3. The lowest BCUT2D eigenvalue weighted by Crippen LogP contribution is -2.41. The van der Waals surface area contributed by atoms with Crippen LogP contribution in [0, 0.1) is 6.92 Å². The van der Waals surface area contributed by atoms with Crippen LogP contribution >= 0.6 is 11.8 Å². The van der Waals surface area contributed by atoms with Gasteiger partial charge in [0.1, 0.15) is 11.0 Å². The maximum Gasteiger partial charge on any atom is 0.240 e. The Morgan fingerprint density at radius 1 is 1.00 bits per heavy atom. The summed E-state index contributed by atoms with van der Waals surface area (Å²) in [6, 6.07) is 25.1.